The lowest BCUT2D eigenvalue weighted by Crippen LogP contribution is -2.53. The van der Waals surface area contributed by atoms with Crippen molar-refractivity contribution in [2.24, 2.45) is 5.92 Å². The molecule has 1 aromatic rings. The van der Waals surface area contributed by atoms with Gasteiger partial charge in [0.25, 0.3) is 5.69 Å². The summed E-state index contributed by atoms with van der Waals surface area (Å²) >= 11 is 0. The molecular weight excluding hydrogens is 442 g/mol. The van der Waals surface area contributed by atoms with Gasteiger partial charge in [-0.2, -0.15) is 0 Å². The molecule has 0 radical (unpaired) electrons. The van der Waals surface area contributed by atoms with Gasteiger partial charge in [-0.05, 0) is 50.3 Å². The zero-order valence-corrected chi connectivity index (χ0v) is 18.9. The minimum Gasteiger partial charge on any atom is -0.479 e. The predicted molar refractivity (Wildman–Crippen MR) is 121 cm³/mol. The number of nitro groups is 1. The molecule has 1 aromatic carbocycles. The minimum absolute atomic E-state index is 0.0475. The van der Waals surface area contributed by atoms with Crippen LogP contribution >= 0.6 is 0 Å². The summed E-state index contributed by atoms with van der Waals surface area (Å²) in [5.41, 5.74) is -1.47. The zero-order chi connectivity index (χ0) is 24.3. The number of carbonyl (C=O) groups excluding carboxylic acids is 2. The summed E-state index contributed by atoms with van der Waals surface area (Å²) in [5, 5.41) is 23.6. The summed E-state index contributed by atoms with van der Waals surface area (Å²) in [6.45, 7) is 0.521. The van der Waals surface area contributed by atoms with Gasteiger partial charge in [0.15, 0.2) is 0 Å². The van der Waals surface area contributed by atoms with E-state index in [0.29, 0.717) is 37.3 Å². The van der Waals surface area contributed by atoms with Gasteiger partial charge in [-0.15, -0.1) is 0 Å². The fourth-order valence-electron chi connectivity index (χ4n) is 4.83. The van der Waals surface area contributed by atoms with Crippen molar-refractivity contribution in [3.05, 3.63) is 46.2 Å². The molecule has 0 bridgehead atoms. The predicted octanol–water partition coefficient (Wildman–Crippen LogP) is 3.16. The number of ether oxygens (including phenoxy) is 1. The molecule has 2 N–H and O–H groups in total. The fourth-order valence-corrected chi connectivity index (χ4v) is 4.83. The topological polar surface area (TPSA) is 139 Å². The lowest BCUT2D eigenvalue weighted by atomic mass is 10.1. The number of nitro benzene ring substituents is 1. The van der Waals surface area contributed by atoms with Crippen molar-refractivity contribution in [2.45, 2.75) is 69.4 Å². The molecule has 10 nitrogen and oxygen atoms in total. The molecule has 182 valence electrons. The van der Waals surface area contributed by atoms with Crippen molar-refractivity contribution < 1.29 is 29.2 Å². The number of fused-ring (bicyclic) bond motifs is 2. The van der Waals surface area contributed by atoms with Gasteiger partial charge >= 0.3 is 5.97 Å². The molecule has 3 aliphatic rings. The Bertz CT molecular complexity index is 1010. The number of aliphatic carboxylic acids is 1. The molecule has 4 rings (SSSR count). The maximum atomic E-state index is 13.0. The van der Waals surface area contributed by atoms with Crippen LogP contribution in [0.5, 0.6) is 5.75 Å². The number of nitrogens with one attached hydrogen (secondary N) is 1. The second-order valence-corrected chi connectivity index (χ2v) is 9.22. The first-order chi connectivity index (χ1) is 16.3. The quantitative estimate of drug-likeness (QED) is 0.508. The number of allylic oxidation sites excluding steroid dienone is 1. The summed E-state index contributed by atoms with van der Waals surface area (Å²) in [5.74, 6) is -1.03. The first kappa shape index (κ1) is 23.7. The molecule has 2 amide bonds. The average molecular weight is 472 g/mol. The van der Waals surface area contributed by atoms with E-state index in [-0.39, 0.29) is 18.0 Å². The summed E-state index contributed by atoms with van der Waals surface area (Å²) in [4.78, 5) is 49.8. The van der Waals surface area contributed by atoms with Crippen LogP contribution in [0, 0.1) is 16.0 Å². The SMILES string of the molecule is O=C1NC2(C(=O)O)CC2/C=C(/Oc2ccc([N+](=O)[O-])cc2)CCCCCCC(=O)N2CCCC12. The van der Waals surface area contributed by atoms with Crippen LogP contribution in [0.3, 0.4) is 0 Å². The Hall–Kier alpha value is -3.43. The van der Waals surface area contributed by atoms with E-state index in [2.05, 4.69) is 5.32 Å². The van der Waals surface area contributed by atoms with Gasteiger partial charge in [0, 0.05) is 37.4 Å². The lowest BCUT2D eigenvalue weighted by Gasteiger charge is -2.26. The smallest absolute Gasteiger partial charge is 0.330 e. The maximum Gasteiger partial charge on any atom is 0.330 e. The van der Waals surface area contributed by atoms with Crippen LogP contribution in [0.4, 0.5) is 5.69 Å². The molecule has 1 aliphatic carbocycles. The number of carboxylic acid groups (broad SMARTS) is 1. The number of nitrogens with zero attached hydrogens (tertiary/aromatic N) is 2. The Kier molecular flexibility index (Phi) is 6.85. The molecule has 1 saturated carbocycles. The lowest BCUT2D eigenvalue weighted by molar-refractivity contribution is -0.384. The summed E-state index contributed by atoms with van der Waals surface area (Å²) in [6.07, 6.45) is 7.44. The van der Waals surface area contributed by atoms with E-state index in [9.17, 15) is 29.6 Å². The van der Waals surface area contributed by atoms with Crippen molar-refractivity contribution in [2.75, 3.05) is 6.54 Å². The van der Waals surface area contributed by atoms with E-state index in [1.807, 2.05) is 0 Å². The first-order valence-electron chi connectivity index (χ1n) is 11.8. The number of hydrogen-bond acceptors (Lipinski definition) is 6. The van der Waals surface area contributed by atoms with Crippen molar-refractivity contribution >= 4 is 23.5 Å². The third-order valence-electron chi connectivity index (χ3n) is 6.87. The summed E-state index contributed by atoms with van der Waals surface area (Å²) < 4.78 is 5.98. The number of amides is 2. The van der Waals surface area contributed by atoms with Crippen LogP contribution in [0.2, 0.25) is 0 Å². The van der Waals surface area contributed by atoms with Gasteiger partial charge in [0.2, 0.25) is 11.8 Å². The van der Waals surface area contributed by atoms with Crippen molar-refractivity contribution in [3.63, 3.8) is 0 Å². The number of benzene rings is 1. The van der Waals surface area contributed by atoms with Crippen LogP contribution in [0.15, 0.2) is 36.1 Å². The highest BCUT2D eigenvalue weighted by molar-refractivity contribution is 5.94. The minimum atomic E-state index is -1.42. The standard InChI is InChI=1S/C24H29N3O7/c28-21-8-4-2-1-3-6-19(34-18-11-9-17(10-12-18)27(32)33)14-16-15-24(16,23(30)31)25-22(29)20-7-5-13-26(20)21/h9-12,14,16,20H,1-8,13,15H2,(H,25,29)(H,30,31)/b19-14+. The Morgan fingerprint density at radius 1 is 1.12 bits per heavy atom. The van der Waals surface area contributed by atoms with E-state index in [1.54, 1.807) is 11.0 Å². The number of rotatable bonds is 4. The molecule has 10 heteroatoms. The molecule has 34 heavy (non-hydrogen) atoms. The molecule has 0 spiro atoms. The third-order valence-corrected chi connectivity index (χ3v) is 6.87. The van der Waals surface area contributed by atoms with Crippen molar-refractivity contribution in [1.29, 1.82) is 0 Å². The Morgan fingerprint density at radius 3 is 2.50 bits per heavy atom. The molecule has 2 heterocycles. The second-order valence-electron chi connectivity index (χ2n) is 9.22. The Morgan fingerprint density at radius 2 is 1.82 bits per heavy atom. The Labute approximate surface area is 197 Å². The van der Waals surface area contributed by atoms with Gasteiger partial charge < -0.3 is 20.1 Å². The molecule has 0 aromatic heterocycles. The highest BCUT2D eigenvalue weighted by atomic mass is 16.6. The number of non-ortho nitro benzene ring substituents is 1. The first-order valence-corrected chi connectivity index (χ1v) is 11.8. The summed E-state index contributed by atoms with van der Waals surface area (Å²) in [7, 11) is 0. The molecule has 3 atom stereocenters. The van der Waals surface area contributed by atoms with E-state index in [4.69, 9.17) is 4.74 Å². The molecular formula is C24H29N3O7. The number of carbonyl (C=O) groups is 3. The summed E-state index contributed by atoms with van der Waals surface area (Å²) in [6, 6.07) is 5.09. The van der Waals surface area contributed by atoms with Crippen LogP contribution in [-0.4, -0.2) is 50.8 Å². The van der Waals surface area contributed by atoms with Crippen molar-refractivity contribution in [3.8, 4) is 5.75 Å². The molecule has 2 aliphatic heterocycles. The maximum absolute atomic E-state index is 13.0. The number of carboxylic acids is 1. The van der Waals surface area contributed by atoms with Gasteiger partial charge in [-0.3, -0.25) is 19.7 Å². The monoisotopic (exact) mass is 471 g/mol. The van der Waals surface area contributed by atoms with E-state index in [1.165, 1.54) is 24.3 Å². The van der Waals surface area contributed by atoms with Crippen LogP contribution in [0.25, 0.3) is 0 Å². The highest BCUT2D eigenvalue weighted by Gasteiger charge is 2.61. The van der Waals surface area contributed by atoms with Crippen LogP contribution in [-0.2, 0) is 14.4 Å². The molecule has 1 saturated heterocycles. The fraction of sp³-hybridized carbons (Fsp3) is 0.542. The van der Waals surface area contributed by atoms with E-state index >= 15 is 0 Å². The molecule has 2 fully saturated rings. The third kappa shape index (κ3) is 5.05. The second kappa shape index (κ2) is 9.82. The normalized spacial score (nSPS) is 29.4. The van der Waals surface area contributed by atoms with Crippen LogP contribution in [0.1, 0.15) is 57.8 Å². The van der Waals surface area contributed by atoms with Gasteiger partial charge in [0.1, 0.15) is 23.1 Å². The van der Waals surface area contributed by atoms with E-state index in [0.717, 1.165) is 32.1 Å². The Balaban J connectivity index is 1.56. The average Bonchev–Trinajstić information content (AvgIpc) is 3.26. The zero-order valence-electron chi connectivity index (χ0n) is 18.9. The largest absolute Gasteiger partial charge is 0.479 e. The number of hydrogen-bond donors (Lipinski definition) is 2. The van der Waals surface area contributed by atoms with Gasteiger partial charge in [0.05, 0.1) is 4.92 Å². The van der Waals surface area contributed by atoms with Gasteiger partial charge in [-0.1, -0.05) is 12.8 Å². The molecule has 3 unspecified atom stereocenters. The van der Waals surface area contributed by atoms with Crippen LogP contribution < -0.4 is 10.1 Å². The van der Waals surface area contributed by atoms with E-state index < -0.39 is 34.3 Å². The van der Waals surface area contributed by atoms with Crippen molar-refractivity contribution in [1.82, 2.24) is 10.2 Å². The highest BCUT2D eigenvalue weighted by Crippen LogP contribution is 2.46. The van der Waals surface area contributed by atoms with Gasteiger partial charge in [-0.25, -0.2) is 4.79 Å².